The SMILES string of the molecule is COc1ccc(S(=O)(=O)NC2CCC2)cc1C(=O)Nc1ccc(F)c(C)c1. The Morgan fingerprint density at radius 1 is 1.19 bits per heavy atom. The van der Waals surface area contributed by atoms with Gasteiger partial charge in [0.1, 0.15) is 11.6 Å². The van der Waals surface area contributed by atoms with E-state index in [0.29, 0.717) is 11.3 Å². The summed E-state index contributed by atoms with van der Waals surface area (Å²) in [5.74, 6) is -0.673. The second-order valence-electron chi connectivity index (χ2n) is 6.53. The van der Waals surface area contributed by atoms with Crippen molar-refractivity contribution in [3.05, 3.63) is 53.3 Å². The van der Waals surface area contributed by atoms with Crippen LogP contribution in [0.1, 0.15) is 35.2 Å². The predicted octanol–water partition coefficient (Wildman–Crippen LogP) is 3.23. The predicted molar refractivity (Wildman–Crippen MR) is 100 cm³/mol. The molecule has 0 bridgehead atoms. The largest absolute Gasteiger partial charge is 0.496 e. The highest BCUT2D eigenvalue weighted by Gasteiger charge is 2.26. The summed E-state index contributed by atoms with van der Waals surface area (Å²) in [5, 5.41) is 2.64. The fraction of sp³-hybridized carbons (Fsp3) is 0.316. The van der Waals surface area contributed by atoms with Gasteiger partial charge in [0.25, 0.3) is 5.91 Å². The van der Waals surface area contributed by atoms with Crippen molar-refractivity contribution in [2.75, 3.05) is 12.4 Å². The first-order chi connectivity index (χ1) is 12.8. The number of anilines is 1. The summed E-state index contributed by atoms with van der Waals surface area (Å²) < 4.78 is 46.3. The quantitative estimate of drug-likeness (QED) is 0.791. The molecule has 1 aliphatic rings. The highest BCUT2D eigenvalue weighted by molar-refractivity contribution is 7.89. The number of carbonyl (C=O) groups is 1. The van der Waals surface area contributed by atoms with Gasteiger partial charge in [-0.3, -0.25) is 4.79 Å². The highest BCUT2D eigenvalue weighted by atomic mass is 32.2. The van der Waals surface area contributed by atoms with Gasteiger partial charge < -0.3 is 10.1 Å². The van der Waals surface area contributed by atoms with Gasteiger partial charge in [0.15, 0.2) is 0 Å². The Labute approximate surface area is 157 Å². The Bertz CT molecular complexity index is 972. The Kier molecular flexibility index (Phi) is 5.48. The van der Waals surface area contributed by atoms with Crippen LogP contribution in [-0.2, 0) is 10.0 Å². The zero-order valence-corrected chi connectivity index (χ0v) is 15.9. The van der Waals surface area contributed by atoms with Crippen LogP contribution < -0.4 is 14.8 Å². The summed E-state index contributed by atoms with van der Waals surface area (Å²) in [4.78, 5) is 12.7. The van der Waals surface area contributed by atoms with Crippen molar-refractivity contribution >= 4 is 21.6 Å². The van der Waals surface area contributed by atoms with E-state index >= 15 is 0 Å². The molecule has 144 valence electrons. The molecule has 1 fully saturated rings. The van der Waals surface area contributed by atoms with Gasteiger partial charge in [-0.15, -0.1) is 0 Å². The van der Waals surface area contributed by atoms with Gasteiger partial charge in [0.05, 0.1) is 17.6 Å². The summed E-state index contributed by atoms with van der Waals surface area (Å²) in [7, 11) is -2.32. The third-order valence-electron chi connectivity index (χ3n) is 4.57. The van der Waals surface area contributed by atoms with Crippen LogP contribution in [0.3, 0.4) is 0 Å². The third kappa shape index (κ3) is 4.28. The van der Waals surface area contributed by atoms with E-state index in [4.69, 9.17) is 4.74 Å². The molecule has 8 heteroatoms. The number of halogens is 1. The first kappa shape index (κ1) is 19.3. The van der Waals surface area contributed by atoms with Crippen molar-refractivity contribution in [2.24, 2.45) is 0 Å². The van der Waals surface area contributed by atoms with Crippen molar-refractivity contribution < 1.29 is 22.3 Å². The topological polar surface area (TPSA) is 84.5 Å². The average Bonchev–Trinajstić information content (AvgIpc) is 2.61. The minimum atomic E-state index is -3.72. The monoisotopic (exact) mass is 392 g/mol. The minimum Gasteiger partial charge on any atom is -0.496 e. The Balaban J connectivity index is 1.88. The Morgan fingerprint density at radius 3 is 2.52 bits per heavy atom. The van der Waals surface area contributed by atoms with Crippen molar-refractivity contribution in [3.8, 4) is 5.75 Å². The van der Waals surface area contributed by atoms with E-state index in [2.05, 4.69) is 10.0 Å². The van der Waals surface area contributed by atoms with E-state index in [0.717, 1.165) is 19.3 Å². The minimum absolute atomic E-state index is 0.00404. The maximum atomic E-state index is 13.4. The first-order valence-electron chi connectivity index (χ1n) is 8.58. The molecule has 0 aliphatic heterocycles. The van der Waals surface area contributed by atoms with Gasteiger partial charge in [-0.2, -0.15) is 0 Å². The number of hydrogen-bond acceptors (Lipinski definition) is 4. The van der Waals surface area contributed by atoms with Crippen LogP contribution in [0.2, 0.25) is 0 Å². The molecular weight excluding hydrogens is 371 g/mol. The fourth-order valence-corrected chi connectivity index (χ4v) is 4.10. The zero-order chi connectivity index (χ0) is 19.6. The maximum Gasteiger partial charge on any atom is 0.259 e. The lowest BCUT2D eigenvalue weighted by Crippen LogP contribution is -2.39. The van der Waals surface area contributed by atoms with Gasteiger partial charge >= 0.3 is 0 Å². The zero-order valence-electron chi connectivity index (χ0n) is 15.1. The number of nitrogens with one attached hydrogen (secondary N) is 2. The number of benzene rings is 2. The molecule has 6 nitrogen and oxygen atoms in total. The van der Waals surface area contributed by atoms with Gasteiger partial charge in [0.2, 0.25) is 10.0 Å². The van der Waals surface area contributed by atoms with Crippen LogP contribution in [-0.4, -0.2) is 27.5 Å². The Hall–Kier alpha value is -2.45. The first-order valence-corrected chi connectivity index (χ1v) is 10.1. The summed E-state index contributed by atoms with van der Waals surface area (Å²) in [6, 6.07) is 8.26. The highest BCUT2D eigenvalue weighted by Crippen LogP contribution is 2.26. The molecule has 0 saturated heterocycles. The van der Waals surface area contributed by atoms with E-state index in [9.17, 15) is 17.6 Å². The molecule has 1 amide bonds. The lowest BCUT2D eigenvalue weighted by molar-refractivity contribution is 0.102. The second-order valence-corrected chi connectivity index (χ2v) is 8.24. The van der Waals surface area contributed by atoms with E-state index in [-0.39, 0.29) is 28.1 Å². The Morgan fingerprint density at radius 2 is 1.93 bits per heavy atom. The van der Waals surface area contributed by atoms with E-state index in [1.165, 1.54) is 43.5 Å². The standard InChI is InChI=1S/C19H21FN2O4S/c1-12-10-14(6-8-17(12)20)21-19(23)16-11-15(7-9-18(16)26-2)27(24,25)22-13-4-3-5-13/h6-11,13,22H,3-5H2,1-2H3,(H,21,23). The van der Waals surface area contributed by atoms with E-state index < -0.39 is 15.9 Å². The van der Waals surface area contributed by atoms with Crippen molar-refractivity contribution in [2.45, 2.75) is 37.1 Å². The lowest BCUT2D eigenvalue weighted by atomic mass is 9.94. The molecule has 2 aromatic carbocycles. The number of amides is 1. The lowest BCUT2D eigenvalue weighted by Gasteiger charge is -2.26. The van der Waals surface area contributed by atoms with Crippen molar-refractivity contribution in [1.82, 2.24) is 4.72 Å². The van der Waals surface area contributed by atoms with Gasteiger partial charge in [0, 0.05) is 11.7 Å². The van der Waals surface area contributed by atoms with E-state index in [1.807, 2.05) is 0 Å². The molecule has 0 spiro atoms. The summed E-state index contributed by atoms with van der Waals surface area (Å²) in [5.41, 5.74) is 0.874. The molecule has 1 saturated carbocycles. The van der Waals surface area contributed by atoms with E-state index in [1.54, 1.807) is 6.92 Å². The van der Waals surface area contributed by atoms with Gasteiger partial charge in [-0.25, -0.2) is 17.5 Å². The van der Waals surface area contributed by atoms with Crippen molar-refractivity contribution in [3.63, 3.8) is 0 Å². The van der Waals surface area contributed by atoms with Crippen LogP contribution in [0.25, 0.3) is 0 Å². The number of methoxy groups -OCH3 is 1. The van der Waals surface area contributed by atoms with Crippen molar-refractivity contribution in [1.29, 1.82) is 0 Å². The average molecular weight is 392 g/mol. The van der Waals surface area contributed by atoms with Crippen LogP contribution in [0.4, 0.5) is 10.1 Å². The number of carbonyl (C=O) groups excluding carboxylic acids is 1. The number of aryl methyl sites for hydroxylation is 1. The molecule has 0 radical (unpaired) electrons. The third-order valence-corrected chi connectivity index (χ3v) is 6.09. The normalized spacial score (nSPS) is 14.5. The number of ether oxygens (including phenoxy) is 1. The molecule has 0 heterocycles. The maximum absolute atomic E-state index is 13.4. The molecule has 0 atom stereocenters. The van der Waals surface area contributed by atoms with Crippen LogP contribution in [0.5, 0.6) is 5.75 Å². The summed E-state index contributed by atoms with van der Waals surface area (Å²) in [6.07, 6.45) is 2.62. The van der Waals surface area contributed by atoms with Crippen LogP contribution in [0, 0.1) is 12.7 Å². The summed E-state index contributed by atoms with van der Waals surface area (Å²) in [6.45, 7) is 1.59. The number of hydrogen-bond donors (Lipinski definition) is 2. The van der Waals surface area contributed by atoms with Gasteiger partial charge in [-0.05, 0) is 61.7 Å². The molecule has 2 N–H and O–H groups in total. The number of sulfonamides is 1. The molecular formula is C19H21FN2O4S. The molecule has 0 unspecified atom stereocenters. The smallest absolute Gasteiger partial charge is 0.259 e. The fourth-order valence-electron chi connectivity index (χ4n) is 2.77. The number of rotatable bonds is 6. The molecule has 2 aromatic rings. The van der Waals surface area contributed by atoms with Crippen LogP contribution in [0.15, 0.2) is 41.3 Å². The molecule has 1 aliphatic carbocycles. The summed E-state index contributed by atoms with van der Waals surface area (Å²) >= 11 is 0. The molecule has 27 heavy (non-hydrogen) atoms. The molecule has 3 rings (SSSR count). The van der Waals surface area contributed by atoms with Crippen LogP contribution >= 0.6 is 0 Å². The van der Waals surface area contributed by atoms with Gasteiger partial charge in [-0.1, -0.05) is 6.42 Å². The second kappa shape index (κ2) is 7.66. The molecule has 0 aromatic heterocycles.